The molecule has 4 heteroatoms. The third-order valence-corrected chi connectivity index (χ3v) is 1.07. The van der Waals surface area contributed by atoms with Gasteiger partial charge >= 0.3 is 5.97 Å². The van der Waals surface area contributed by atoms with Crippen LogP contribution in [-0.2, 0) is 14.3 Å². The molecule has 0 spiro atoms. The number of esters is 1. The first kappa shape index (κ1) is 10.1. The first-order valence-electron chi connectivity index (χ1n) is 3.23. The van der Waals surface area contributed by atoms with E-state index in [1.807, 2.05) is 0 Å². The molecule has 0 amide bonds. The average Bonchev–Trinajstić information content (AvgIpc) is 2.03. The summed E-state index contributed by atoms with van der Waals surface area (Å²) < 4.78 is 9.56. The number of nitrogens with one attached hydrogen (secondary N) is 1. The second kappa shape index (κ2) is 5.88. The molecule has 0 heterocycles. The second-order valence-electron chi connectivity index (χ2n) is 1.87. The van der Waals surface area contributed by atoms with Gasteiger partial charge in [-0.3, -0.25) is 5.32 Å². The molecule has 0 fully saturated rings. The Morgan fingerprint density at radius 2 is 2.45 bits per heavy atom. The highest BCUT2D eigenvalue weighted by molar-refractivity contribution is 5.81. The number of methoxy groups -OCH3 is 1. The quantitative estimate of drug-likeness (QED) is 0.346. The second-order valence-corrected chi connectivity index (χ2v) is 1.87. The lowest BCUT2D eigenvalue weighted by molar-refractivity contribution is -0.147. The topological polar surface area (TPSA) is 47.6 Å². The standard InChI is InChI=1S/C7H13NO3/c1-4-7(9)11-6(8-2)5-10-3/h4,6,8H,1,5H2,2-3H3. The van der Waals surface area contributed by atoms with Crippen molar-refractivity contribution >= 4 is 5.97 Å². The number of carbonyl (C=O) groups is 1. The number of hydrogen-bond donors (Lipinski definition) is 1. The molecule has 1 unspecified atom stereocenters. The summed E-state index contributed by atoms with van der Waals surface area (Å²) in [7, 11) is 3.21. The molecule has 0 rings (SSSR count). The maximum atomic E-state index is 10.6. The van der Waals surface area contributed by atoms with Crippen LogP contribution in [0.2, 0.25) is 0 Å². The molecule has 64 valence electrons. The van der Waals surface area contributed by atoms with Gasteiger partial charge in [-0.15, -0.1) is 0 Å². The zero-order valence-corrected chi connectivity index (χ0v) is 6.79. The minimum atomic E-state index is -0.457. The van der Waals surface area contributed by atoms with Crippen LogP contribution in [0.15, 0.2) is 12.7 Å². The van der Waals surface area contributed by atoms with Crippen molar-refractivity contribution in [1.82, 2.24) is 5.32 Å². The molecule has 1 atom stereocenters. The molecule has 0 bridgehead atoms. The Labute approximate surface area is 66.2 Å². The van der Waals surface area contributed by atoms with E-state index in [1.165, 1.54) is 7.11 Å². The molecule has 0 aromatic rings. The number of rotatable bonds is 5. The van der Waals surface area contributed by atoms with Crippen LogP contribution >= 0.6 is 0 Å². The summed E-state index contributed by atoms with van der Waals surface area (Å²) in [4.78, 5) is 10.6. The lowest BCUT2D eigenvalue weighted by Gasteiger charge is -2.14. The Bertz CT molecular complexity index is 136. The molecular formula is C7H13NO3. The number of carbonyl (C=O) groups excluding carboxylic acids is 1. The predicted molar refractivity (Wildman–Crippen MR) is 41.0 cm³/mol. The third kappa shape index (κ3) is 4.52. The zero-order chi connectivity index (χ0) is 8.69. The molecule has 0 aliphatic carbocycles. The van der Waals surface area contributed by atoms with Crippen LogP contribution in [0.25, 0.3) is 0 Å². The summed E-state index contributed by atoms with van der Waals surface area (Å²) in [5.74, 6) is -0.457. The van der Waals surface area contributed by atoms with Crippen molar-refractivity contribution in [3.63, 3.8) is 0 Å². The molecule has 0 saturated heterocycles. The van der Waals surface area contributed by atoms with Crippen LogP contribution in [0.5, 0.6) is 0 Å². The minimum absolute atomic E-state index is 0.329. The largest absolute Gasteiger partial charge is 0.441 e. The summed E-state index contributed by atoms with van der Waals surface area (Å²) in [5, 5.41) is 2.75. The Balaban J connectivity index is 3.67. The average molecular weight is 159 g/mol. The van der Waals surface area contributed by atoms with Gasteiger partial charge < -0.3 is 9.47 Å². The summed E-state index contributed by atoms with van der Waals surface area (Å²) in [6.07, 6.45) is 0.713. The van der Waals surface area contributed by atoms with Gasteiger partial charge in [0.1, 0.15) is 0 Å². The molecule has 0 radical (unpaired) electrons. The summed E-state index contributed by atoms with van der Waals surface area (Å²) in [5.41, 5.74) is 0. The van der Waals surface area contributed by atoms with E-state index in [4.69, 9.17) is 9.47 Å². The van der Waals surface area contributed by atoms with E-state index in [0.717, 1.165) is 6.08 Å². The molecule has 0 aromatic carbocycles. The smallest absolute Gasteiger partial charge is 0.331 e. The van der Waals surface area contributed by atoms with Gasteiger partial charge in [-0.2, -0.15) is 0 Å². The minimum Gasteiger partial charge on any atom is -0.441 e. The van der Waals surface area contributed by atoms with Gasteiger partial charge in [-0.1, -0.05) is 6.58 Å². The lowest BCUT2D eigenvalue weighted by Crippen LogP contribution is -2.34. The van der Waals surface area contributed by atoms with Gasteiger partial charge in [-0.05, 0) is 7.05 Å². The van der Waals surface area contributed by atoms with Crippen LogP contribution in [-0.4, -0.2) is 33.0 Å². The number of likely N-dealkylation sites (N-methyl/N-ethyl adjacent to an activating group) is 1. The van der Waals surface area contributed by atoms with Crippen molar-refractivity contribution in [2.75, 3.05) is 20.8 Å². The van der Waals surface area contributed by atoms with Gasteiger partial charge in [0.2, 0.25) is 0 Å². The maximum absolute atomic E-state index is 10.6. The van der Waals surface area contributed by atoms with E-state index in [-0.39, 0.29) is 0 Å². The summed E-state index contributed by atoms with van der Waals surface area (Å²) >= 11 is 0. The van der Waals surface area contributed by atoms with Crippen molar-refractivity contribution in [3.8, 4) is 0 Å². The van der Waals surface area contributed by atoms with E-state index < -0.39 is 12.2 Å². The Morgan fingerprint density at radius 3 is 2.82 bits per heavy atom. The van der Waals surface area contributed by atoms with Crippen LogP contribution in [0.3, 0.4) is 0 Å². The number of hydrogen-bond acceptors (Lipinski definition) is 4. The monoisotopic (exact) mass is 159 g/mol. The summed E-state index contributed by atoms with van der Waals surface area (Å²) in [6, 6.07) is 0. The first-order valence-corrected chi connectivity index (χ1v) is 3.23. The molecule has 0 aliphatic rings. The molecule has 0 aromatic heterocycles. The fourth-order valence-corrected chi connectivity index (χ4v) is 0.516. The highest BCUT2D eigenvalue weighted by Gasteiger charge is 2.07. The van der Waals surface area contributed by atoms with E-state index >= 15 is 0 Å². The normalized spacial score (nSPS) is 12.2. The Hall–Kier alpha value is -0.870. The molecule has 11 heavy (non-hydrogen) atoms. The first-order chi connectivity index (χ1) is 5.24. The van der Waals surface area contributed by atoms with Gasteiger partial charge in [-0.25, -0.2) is 4.79 Å². The van der Waals surface area contributed by atoms with Gasteiger partial charge in [0, 0.05) is 13.2 Å². The van der Waals surface area contributed by atoms with Gasteiger partial charge in [0.15, 0.2) is 6.23 Å². The summed E-state index contributed by atoms with van der Waals surface area (Å²) in [6.45, 7) is 3.59. The Morgan fingerprint density at radius 1 is 1.82 bits per heavy atom. The van der Waals surface area contributed by atoms with E-state index in [2.05, 4.69) is 11.9 Å². The highest BCUT2D eigenvalue weighted by Crippen LogP contribution is 1.88. The molecule has 4 nitrogen and oxygen atoms in total. The fourth-order valence-electron chi connectivity index (χ4n) is 0.516. The third-order valence-electron chi connectivity index (χ3n) is 1.07. The van der Waals surface area contributed by atoms with Gasteiger partial charge in [0.25, 0.3) is 0 Å². The number of ether oxygens (including phenoxy) is 2. The van der Waals surface area contributed by atoms with E-state index in [9.17, 15) is 4.79 Å². The fraction of sp³-hybridized carbons (Fsp3) is 0.571. The van der Waals surface area contributed by atoms with Crippen molar-refractivity contribution < 1.29 is 14.3 Å². The highest BCUT2D eigenvalue weighted by atomic mass is 16.6. The van der Waals surface area contributed by atoms with Crippen LogP contribution in [0.1, 0.15) is 0 Å². The zero-order valence-electron chi connectivity index (χ0n) is 6.79. The van der Waals surface area contributed by atoms with E-state index in [1.54, 1.807) is 7.05 Å². The van der Waals surface area contributed by atoms with E-state index in [0.29, 0.717) is 6.61 Å². The lowest BCUT2D eigenvalue weighted by atomic mass is 10.6. The van der Waals surface area contributed by atoms with Crippen molar-refractivity contribution in [1.29, 1.82) is 0 Å². The molecular weight excluding hydrogens is 146 g/mol. The molecule has 0 aliphatic heterocycles. The van der Waals surface area contributed by atoms with Crippen LogP contribution in [0.4, 0.5) is 0 Å². The SMILES string of the molecule is C=CC(=O)OC(COC)NC. The van der Waals surface area contributed by atoms with Crippen molar-refractivity contribution in [3.05, 3.63) is 12.7 Å². The van der Waals surface area contributed by atoms with Crippen molar-refractivity contribution in [2.45, 2.75) is 6.23 Å². The van der Waals surface area contributed by atoms with Gasteiger partial charge in [0.05, 0.1) is 6.61 Å². The maximum Gasteiger partial charge on any atom is 0.331 e. The van der Waals surface area contributed by atoms with Crippen molar-refractivity contribution in [2.24, 2.45) is 0 Å². The van der Waals surface area contributed by atoms with Crippen LogP contribution in [0, 0.1) is 0 Å². The predicted octanol–water partition coefficient (Wildman–Crippen LogP) is -0.0925. The molecule has 0 saturated carbocycles. The Kier molecular flexibility index (Phi) is 5.42. The van der Waals surface area contributed by atoms with Crippen LogP contribution < -0.4 is 5.32 Å². The molecule has 1 N–H and O–H groups in total.